The fourth-order valence-corrected chi connectivity index (χ4v) is 2.71. The zero-order chi connectivity index (χ0) is 14.7. The van der Waals surface area contributed by atoms with Crippen LogP contribution in [0.5, 0.6) is 0 Å². The number of halogens is 2. The number of aryl methyl sites for hydroxylation is 2. The smallest absolute Gasteiger partial charge is 0.130 e. The molecule has 0 saturated heterocycles. The highest BCUT2D eigenvalue weighted by Crippen LogP contribution is 2.21. The largest absolute Gasteiger partial charge is 0.316 e. The molecule has 1 aromatic heterocycles. The minimum absolute atomic E-state index is 0.316. The van der Waals surface area contributed by atoms with Crippen molar-refractivity contribution in [3.63, 3.8) is 0 Å². The molecule has 2 aromatic rings. The number of nitrogens with one attached hydrogen (secondary N) is 1. The third-order valence-electron chi connectivity index (χ3n) is 3.52. The van der Waals surface area contributed by atoms with Gasteiger partial charge in [0.2, 0.25) is 0 Å². The highest BCUT2D eigenvalue weighted by molar-refractivity contribution is 6.30. The summed E-state index contributed by atoms with van der Waals surface area (Å²) in [5.74, 6) is 0. The topological polar surface area (TPSA) is 29.9 Å². The number of aromatic nitrogens is 2. The van der Waals surface area contributed by atoms with E-state index in [-0.39, 0.29) is 0 Å². The first kappa shape index (κ1) is 15.4. The summed E-state index contributed by atoms with van der Waals surface area (Å²) in [6, 6.07) is 8.28. The lowest BCUT2D eigenvalue weighted by Crippen LogP contribution is -2.30. The zero-order valence-electron chi connectivity index (χ0n) is 12.0. The molecule has 0 fully saturated rings. The van der Waals surface area contributed by atoms with Crippen LogP contribution >= 0.6 is 23.2 Å². The van der Waals surface area contributed by atoms with Gasteiger partial charge in [-0.1, -0.05) is 35.3 Å². The molecule has 0 saturated carbocycles. The molecule has 1 aromatic carbocycles. The van der Waals surface area contributed by atoms with Crippen LogP contribution in [0.15, 0.2) is 24.3 Å². The van der Waals surface area contributed by atoms with Crippen molar-refractivity contribution in [2.24, 2.45) is 7.05 Å². The number of rotatable bonds is 5. The molecular weight excluding hydrogens is 293 g/mol. The molecule has 0 radical (unpaired) electrons. The first-order chi connectivity index (χ1) is 9.51. The van der Waals surface area contributed by atoms with Crippen molar-refractivity contribution in [3.8, 4) is 0 Å². The molecule has 0 aliphatic rings. The van der Waals surface area contributed by atoms with Gasteiger partial charge in [0.25, 0.3) is 0 Å². The molecule has 1 N–H and O–H groups in total. The Kier molecular flexibility index (Phi) is 5.08. The van der Waals surface area contributed by atoms with E-state index in [2.05, 4.69) is 22.5 Å². The standard InChI is InChI=1S/C15H19Cl2N3/c1-10-14(15(17)20(3)19-10)9-13(18-2)8-11-4-6-12(16)7-5-11/h4-7,13,18H,8-9H2,1-3H3. The van der Waals surface area contributed by atoms with Crippen molar-refractivity contribution < 1.29 is 0 Å². The van der Waals surface area contributed by atoms with Gasteiger partial charge in [-0.05, 0) is 44.5 Å². The third kappa shape index (κ3) is 3.54. The lowest BCUT2D eigenvalue weighted by molar-refractivity contribution is 0.555. The molecule has 1 unspecified atom stereocenters. The maximum absolute atomic E-state index is 6.29. The Morgan fingerprint density at radius 2 is 1.85 bits per heavy atom. The normalized spacial score (nSPS) is 12.7. The van der Waals surface area contributed by atoms with E-state index in [1.54, 1.807) is 4.68 Å². The second-order valence-corrected chi connectivity index (χ2v) is 5.79. The van der Waals surface area contributed by atoms with Crippen LogP contribution in [-0.4, -0.2) is 22.9 Å². The Bertz CT molecular complexity index is 576. The van der Waals surface area contributed by atoms with Gasteiger partial charge in [0.05, 0.1) is 5.69 Å². The van der Waals surface area contributed by atoms with E-state index < -0.39 is 0 Å². The van der Waals surface area contributed by atoms with Gasteiger partial charge in [0.15, 0.2) is 0 Å². The Morgan fingerprint density at radius 3 is 2.35 bits per heavy atom. The molecule has 3 nitrogen and oxygen atoms in total. The van der Waals surface area contributed by atoms with Crippen LogP contribution < -0.4 is 5.32 Å². The SMILES string of the molecule is CNC(Cc1ccc(Cl)cc1)Cc1c(C)nn(C)c1Cl. The predicted octanol–water partition coefficient (Wildman–Crippen LogP) is 3.41. The lowest BCUT2D eigenvalue weighted by atomic mass is 9.99. The fraction of sp³-hybridized carbons (Fsp3) is 0.400. The van der Waals surface area contributed by atoms with Crippen molar-refractivity contribution in [1.82, 2.24) is 15.1 Å². The van der Waals surface area contributed by atoms with Gasteiger partial charge in [-0.3, -0.25) is 4.68 Å². The molecule has 0 spiro atoms. The molecule has 1 atom stereocenters. The Morgan fingerprint density at radius 1 is 1.20 bits per heavy atom. The minimum Gasteiger partial charge on any atom is -0.316 e. The van der Waals surface area contributed by atoms with Crippen LogP contribution in [0.4, 0.5) is 0 Å². The first-order valence-electron chi connectivity index (χ1n) is 6.61. The molecule has 108 valence electrons. The Balaban J connectivity index is 2.11. The van der Waals surface area contributed by atoms with Gasteiger partial charge in [-0.15, -0.1) is 0 Å². The zero-order valence-corrected chi connectivity index (χ0v) is 13.5. The van der Waals surface area contributed by atoms with Crippen molar-refractivity contribution in [1.29, 1.82) is 0 Å². The molecule has 0 amide bonds. The molecule has 0 aliphatic carbocycles. The van der Waals surface area contributed by atoms with E-state index >= 15 is 0 Å². The molecule has 20 heavy (non-hydrogen) atoms. The van der Waals surface area contributed by atoms with Crippen LogP contribution in [0.2, 0.25) is 10.2 Å². The average molecular weight is 312 g/mol. The minimum atomic E-state index is 0.316. The highest BCUT2D eigenvalue weighted by Gasteiger charge is 2.16. The van der Waals surface area contributed by atoms with Crippen molar-refractivity contribution in [3.05, 3.63) is 51.3 Å². The van der Waals surface area contributed by atoms with Gasteiger partial charge in [0, 0.05) is 23.7 Å². The monoisotopic (exact) mass is 311 g/mol. The van der Waals surface area contributed by atoms with E-state index in [9.17, 15) is 0 Å². The van der Waals surface area contributed by atoms with E-state index in [1.807, 2.05) is 33.2 Å². The summed E-state index contributed by atoms with van der Waals surface area (Å²) in [6.45, 7) is 2.00. The number of benzene rings is 1. The second-order valence-electron chi connectivity index (χ2n) is 5.00. The van der Waals surface area contributed by atoms with E-state index in [4.69, 9.17) is 23.2 Å². The van der Waals surface area contributed by atoms with Crippen LogP contribution in [-0.2, 0) is 19.9 Å². The summed E-state index contributed by atoms with van der Waals surface area (Å²) in [5.41, 5.74) is 3.36. The summed E-state index contributed by atoms with van der Waals surface area (Å²) in [5, 5.41) is 9.19. The average Bonchev–Trinajstić information content (AvgIpc) is 2.66. The number of likely N-dealkylation sites (N-methyl/N-ethyl adjacent to an activating group) is 1. The van der Waals surface area contributed by atoms with Crippen LogP contribution in [0.1, 0.15) is 16.8 Å². The first-order valence-corrected chi connectivity index (χ1v) is 7.36. The maximum atomic E-state index is 6.29. The third-order valence-corrected chi connectivity index (χ3v) is 4.25. The summed E-state index contributed by atoms with van der Waals surface area (Å²) < 4.78 is 1.72. The van der Waals surface area contributed by atoms with Gasteiger partial charge in [-0.25, -0.2) is 0 Å². The summed E-state index contributed by atoms with van der Waals surface area (Å²) >= 11 is 12.2. The van der Waals surface area contributed by atoms with Gasteiger partial charge in [-0.2, -0.15) is 5.10 Å². The van der Waals surface area contributed by atoms with Crippen molar-refractivity contribution in [2.45, 2.75) is 25.8 Å². The molecule has 2 rings (SSSR count). The lowest BCUT2D eigenvalue weighted by Gasteiger charge is -2.16. The quantitative estimate of drug-likeness (QED) is 0.917. The summed E-state index contributed by atoms with van der Waals surface area (Å²) in [6.07, 6.45) is 1.79. The van der Waals surface area contributed by atoms with Crippen molar-refractivity contribution >= 4 is 23.2 Å². The van der Waals surface area contributed by atoms with Gasteiger partial charge >= 0.3 is 0 Å². The summed E-state index contributed by atoms with van der Waals surface area (Å²) in [4.78, 5) is 0. The van der Waals surface area contributed by atoms with Crippen LogP contribution in [0.3, 0.4) is 0 Å². The van der Waals surface area contributed by atoms with E-state index in [1.165, 1.54) is 5.56 Å². The van der Waals surface area contributed by atoms with Crippen LogP contribution in [0.25, 0.3) is 0 Å². The van der Waals surface area contributed by atoms with Crippen molar-refractivity contribution in [2.75, 3.05) is 7.05 Å². The summed E-state index contributed by atoms with van der Waals surface area (Å²) in [7, 11) is 3.84. The molecular formula is C15H19Cl2N3. The van der Waals surface area contributed by atoms with Gasteiger partial charge < -0.3 is 5.32 Å². The number of hydrogen-bond donors (Lipinski definition) is 1. The predicted molar refractivity (Wildman–Crippen MR) is 84.7 cm³/mol. The second kappa shape index (κ2) is 6.61. The van der Waals surface area contributed by atoms with Crippen LogP contribution in [0, 0.1) is 6.92 Å². The van der Waals surface area contributed by atoms with E-state index in [0.29, 0.717) is 6.04 Å². The Hall–Kier alpha value is -1.03. The fourth-order valence-electron chi connectivity index (χ4n) is 2.33. The Labute approximate surface area is 129 Å². The number of nitrogens with zero attached hydrogens (tertiary/aromatic N) is 2. The van der Waals surface area contributed by atoms with Gasteiger partial charge in [0.1, 0.15) is 5.15 Å². The van der Waals surface area contributed by atoms with E-state index in [0.717, 1.165) is 34.3 Å². The molecule has 5 heteroatoms. The highest BCUT2D eigenvalue weighted by atomic mass is 35.5. The molecule has 0 aliphatic heterocycles. The molecule has 1 heterocycles. The number of hydrogen-bond acceptors (Lipinski definition) is 2. The molecule has 0 bridgehead atoms. The maximum Gasteiger partial charge on any atom is 0.130 e.